The number of aryl methyl sites for hydroxylation is 1. The summed E-state index contributed by atoms with van der Waals surface area (Å²) in [5.41, 5.74) is 3.53. The molecule has 12 nitrogen and oxygen atoms in total. The maximum absolute atomic E-state index is 13.5. The van der Waals surface area contributed by atoms with Crippen LogP contribution in [0.4, 0.5) is 11.8 Å². The maximum atomic E-state index is 13.5. The number of nitrogens with one attached hydrogen (secondary N) is 2. The fourth-order valence-electron chi connectivity index (χ4n) is 7.14. The highest BCUT2D eigenvalue weighted by molar-refractivity contribution is 7.82. The van der Waals surface area contributed by atoms with Gasteiger partial charge in [0.25, 0.3) is 0 Å². The van der Waals surface area contributed by atoms with Gasteiger partial charge in [-0.3, -0.25) is 14.4 Å². The third-order valence-corrected chi connectivity index (χ3v) is 11.4. The lowest BCUT2D eigenvalue weighted by atomic mass is 9.88. The first-order valence-corrected chi connectivity index (χ1v) is 19.6. The number of hydrogen-bond acceptors (Lipinski definition) is 9. The van der Waals surface area contributed by atoms with E-state index in [1.54, 1.807) is 12.4 Å². The highest BCUT2D eigenvalue weighted by Crippen LogP contribution is 2.33. The lowest BCUT2D eigenvalue weighted by molar-refractivity contribution is -0.108. The van der Waals surface area contributed by atoms with Crippen molar-refractivity contribution in [2.45, 2.75) is 62.3 Å². The number of amides is 1. The summed E-state index contributed by atoms with van der Waals surface area (Å²) >= 11 is 5.90. The summed E-state index contributed by atoms with van der Waals surface area (Å²) in [5.74, 6) is 2.12. The maximum Gasteiger partial charge on any atom is 0.222 e. The fraction of sp³-hybridized carbons (Fsp3) is 0.500. The zero-order valence-electron chi connectivity index (χ0n) is 30.7. The molecule has 2 N–H and O–H groups in total. The van der Waals surface area contributed by atoms with Crippen molar-refractivity contribution in [1.29, 1.82) is 0 Å². The average Bonchev–Trinajstić information content (AvgIpc) is 3.48. The second-order valence-corrected chi connectivity index (χ2v) is 15.8. The zero-order valence-corrected chi connectivity index (χ0v) is 32.3. The van der Waals surface area contributed by atoms with E-state index in [9.17, 15) is 13.8 Å². The van der Waals surface area contributed by atoms with Gasteiger partial charge in [0, 0.05) is 51.1 Å². The molecular formula is C38H52ClN9O3S. The second-order valence-electron chi connectivity index (χ2n) is 13.8. The Hall–Kier alpha value is -3.75. The van der Waals surface area contributed by atoms with Gasteiger partial charge in [-0.2, -0.15) is 5.10 Å². The molecule has 4 heterocycles. The number of carbonyl (C=O) groups excluding carboxylic acids is 2. The first-order valence-electron chi connectivity index (χ1n) is 18.2. The molecule has 280 valence electrons. The van der Waals surface area contributed by atoms with Gasteiger partial charge >= 0.3 is 0 Å². The van der Waals surface area contributed by atoms with E-state index in [-0.39, 0.29) is 12.5 Å². The molecule has 0 radical (unpaired) electrons. The molecule has 2 aliphatic rings. The van der Waals surface area contributed by atoms with Gasteiger partial charge in [0.15, 0.2) is 5.82 Å². The van der Waals surface area contributed by atoms with Crippen molar-refractivity contribution in [3.05, 3.63) is 71.0 Å². The average molecular weight is 750 g/mol. The molecule has 2 fully saturated rings. The van der Waals surface area contributed by atoms with Gasteiger partial charge in [0.05, 0.1) is 27.8 Å². The molecular weight excluding hydrogens is 698 g/mol. The molecule has 0 spiro atoms. The normalized spacial score (nSPS) is 17.2. The van der Waals surface area contributed by atoms with Crippen molar-refractivity contribution < 1.29 is 13.8 Å². The lowest BCUT2D eigenvalue weighted by Gasteiger charge is -2.34. The summed E-state index contributed by atoms with van der Waals surface area (Å²) in [6.45, 7) is 7.25. The van der Waals surface area contributed by atoms with Gasteiger partial charge in [-0.05, 0) is 107 Å². The Labute approximate surface area is 314 Å². The highest BCUT2D eigenvalue weighted by Gasteiger charge is 2.26. The van der Waals surface area contributed by atoms with Crippen LogP contribution in [0.5, 0.6) is 0 Å². The van der Waals surface area contributed by atoms with E-state index in [0.717, 1.165) is 93.3 Å². The number of aldehydes is 1. The summed E-state index contributed by atoms with van der Waals surface area (Å²) in [6, 6.07) is 15.0. The first kappa shape index (κ1) is 39.5. The van der Waals surface area contributed by atoms with Crippen molar-refractivity contribution in [1.82, 2.24) is 34.3 Å². The number of benzene rings is 2. The molecule has 14 heteroatoms. The quantitative estimate of drug-likeness (QED) is 0.170. The summed E-state index contributed by atoms with van der Waals surface area (Å²) in [7, 11) is 4.46. The van der Waals surface area contributed by atoms with E-state index in [2.05, 4.69) is 72.2 Å². The third-order valence-electron chi connectivity index (χ3n) is 9.70. The van der Waals surface area contributed by atoms with Gasteiger partial charge in [-0.1, -0.05) is 36.7 Å². The molecule has 2 unspecified atom stereocenters. The number of piperidine rings is 2. The van der Waals surface area contributed by atoms with Crippen molar-refractivity contribution in [3.63, 3.8) is 0 Å². The number of nitrogens with zero attached hydrogens (tertiary/aromatic N) is 7. The summed E-state index contributed by atoms with van der Waals surface area (Å²) in [4.78, 5) is 36.0. The Morgan fingerprint density at radius 1 is 1.02 bits per heavy atom. The molecule has 6 rings (SSSR count). The minimum Gasteiger partial charge on any atom is -0.351 e. The molecule has 0 bridgehead atoms. The predicted molar refractivity (Wildman–Crippen MR) is 209 cm³/mol. The Kier molecular flexibility index (Phi) is 14.7. The van der Waals surface area contributed by atoms with Crippen LogP contribution in [-0.2, 0) is 34.0 Å². The van der Waals surface area contributed by atoms with E-state index in [1.165, 1.54) is 16.0 Å². The number of hydrogen-bond donors (Lipinski definition) is 2. The van der Waals surface area contributed by atoms with Crippen LogP contribution in [0.2, 0.25) is 5.02 Å². The monoisotopic (exact) mass is 749 g/mol. The Morgan fingerprint density at radius 3 is 2.40 bits per heavy atom. The van der Waals surface area contributed by atoms with Crippen LogP contribution < -0.4 is 15.5 Å². The van der Waals surface area contributed by atoms with E-state index in [4.69, 9.17) is 11.6 Å². The van der Waals surface area contributed by atoms with Crippen molar-refractivity contribution in [3.8, 4) is 0 Å². The van der Waals surface area contributed by atoms with E-state index in [0.29, 0.717) is 35.2 Å². The minimum atomic E-state index is -1.19. The summed E-state index contributed by atoms with van der Waals surface area (Å²) < 4.78 is 17.4. The molecule has 52 heavy (non-hydrogen) atoms. The van der Waals surface area contributed by atoms with Gasteiger partial charge in [0.2, 0.25) is 12.4 Å². The SMILES string of the molecule is CC(Cc1cccc(S(=O)N2CCC(Nc3ncc(Cl)cn3)CC2)c1)CN1CCC(c2ccc3c(N(C=O)CCC=O)nn(C)c3c2)CC1.CNC. The molecule has 2 aromatic carbocycles. The second kappa shape index (κ2) is 19.4. The fourth-order valence-corrected chi connectivity index (χ4v) is 8.53. The number of aromatic nitrogens is 4. The minimum absolute atomic E-state index is 0.242. The van der Waals surface area contributed by atoms with Crippen molar-refractivity contribution in [2.24, 2.45) is 13.0 Å². The Bertz CT molecular complexity index is 1770. The van der Waals surface area contributed by atoms with Crippen LogP contribution in [0.15, 0.2) is 59.8 Å². The molecule has 0 aliphatic carbocycles. The Morgan fingerprint density at radius 2 is 1.73 bits per heavy atom. The standard InChI is InChI=1S/C36H45ClN8O3S.C2H7N/c1-26(19-27-5-3-6-32(20-27)49(48)45-16-11-31(12-17-45)40-36-38-22-30(37)23-39-36)24-43-14-9-28(10-15-43)29-7-8-33-34(21-29)42(2)41-35(33)44(25-47)13-4-18-46;1-3-2/h3,5-8,18,20-23,25-26,28,31H,4,9-17,19,24H2,1-2H3,(H,38,39,40);3H,1-2H3. The number of likely N-dealkylation sites (tertiary alicyclic amines) is 1. The molecule has 0 saturated carbocycles. The molecule has 2 aliphatic heterocycles. The molecule has 2 aromatic heterocycles. The molecule has 1 amide bonds. The van der Waals surface area contributed by atoms with E-state index < -0.39 is 11.0 Å². The zero-order chi connectivity index (χ0) is 37.0. The van der Waals surface area contributed by atoms with Gasteiger partial charge in [-0.25, -0.2) is 18.5 Å². The van der Waals surface area contributed by atoms with Crippen LogP contribution in [0.25, 0.3) is 10.9 Å². The molecule has 2 saturated heterocycles. The van der Waals surface area contributed by atoms with Gasteiger partial charge in [-0.15, -0.1) is 0 Å². The molecule has 4 aromatic rings. The number of carbonyl (C=O) groups is 2. The largest absolute Gasteiger partial charge is 0.351 e. The topological polar surface area (TPSA) is 129 Å². The van der Waals surface area contributed by atoms with Crippen molar-refractivity contribution in [2.75, 3.05) is 63.6 Å². The van der Waals surface area contributed by atoms with Gasteiger partial charge < -0.3 is 20.3 Å². The first-order chi connectivity index (χ1) is 25.2. The number of anilines is 2. The smallest absolute Gasteiger partial charge is 0.222 e. The number of rotatable bonds is 14. The van der Waals surface area contributed by atoms with Crippen LogP contribution in [0.3, 0.4) is 0 Å². The third kappa shape index (κ3) is 10.4. The van der Waals surface area contributed by atoms with E-state index in [1.807, 2.05) is 38.0 Å². The summed E-state index contributed by atoms with van der Waals surface area (Å²) in [6.07, 6.45) is 9.89. The van der Waals surface area contributed by atoms with Crippen LogP contribution in [-0.4, -0.2) is 105 Å². The lowest BCUT2D eigenvalue weighted by Crippen LogP contribution is -2.40. The molecule has 2 atom stereocenters. The Balaban J connectivity index is 0.00000168. The highest BCUT2D eigenvalue weighted by atomic mass is 35.5. The van der Waals surface area contributed by atoms with Crippen LogP contribution in [0.1, 0.15) is 56.1 Å². The summed E-state index contributed by atoms with van der Waals surface area (Å²) in [5, 5.41) is 12.1. The predicted octanol–water partition coefficient (Wildman–Crippen LogP) is 5.06. The van der Waals surface area contributed by atoms with E-state index >= 15 is 0 Å². The van der Waals surface area contributed by atoms with Crippen LogP contribution >= 0.6 is 11.6 Å². The van der Waals surface area contributed by atoms with Gasteiger partial charge in [0.1, 0.15) is 17.3 Å². The van der Waals surface area contributed by atoms with Crippen LogP contribution in [0, 0.1) is 5.92 Å². The number of halogens is 1. The number of fused-ring (bicyclic) bond motifs is 1. The van der Waals surface area contributed by atoms with Crippen molar-refractivity contribution >= 4 is 58.0 Å².